The third-order valence-electron chi connectivity index (χ3n) is 3.46. The molecule has 1 aliphatic rings. The summed E-state index contributed by atoms with van der Waals surface area (Å²) >= 11 is 0. The maximum Gasteiger partial charge on any atom is 0.251 e. The SMILES string of the molecule is CNC(=O)c1cc(OC)c(OC)c2c1CCCC2. The van der Waals surface area contributed by atoms with E-state index in [1.807, 2.05) is 0 Å². The van der Waals surface area contributed by atoms with Crippen molar-refractivity contribution in [2.45, 2.75) is 25.7 Å². The second-order valence-corrected chi connectivity index (χ2v) is 4.40. The highest BCUT2D eigenvalue weighted by molar-refractivity contribution is 5.97. The molecule has 0 atom stereocenters. The minimum Gasteiger partial charge on any atom is -0.493 e. The van der Waals surface area contributed by atoms with Crippen LogP contribution < -0.4 is 14.8 Å². The van der Waals surface area contributed by atoms with Crippen LogP contribution in [0.15, 0.2) is 6.07 Å². The zero-order chi connectivity index (χ0) is 13.1. The summed E-state index contributed by atoms with van der Waals surface area (Å²) in [5.41, 5.74) is 2.95. The summed E-state index contributed by atoms with van der Waals surface area (Å²) in [6.07, 6.45) is 4.12. The third-order valence-corrected chi connectivity index (χ3v) is 3.46. The summed E-state index contributed by atoms with van der Waals surface area (Å²) in [5, 5.41) is 2.68. The molecule has 4 heteroatoms. The molecule has 0 bridgehead atoms. The lowest BCUT2D eigenvalue weighted by Crippen LogP contribution is -2.22. The van der Waals surface area contributed by atoms with Crippen molar-refractivity contribution >= 4 is 5.91 Å². The zero-order valence-electron chi connectivity index (χ0n) is 11.1. The first-order valence-corrected chi connectivity index (χ1v) is 6.21. The van der Waals surface area contributed by atoms with Gasteiger partial charge in [-0.05, 0) is 37.3 Å². The summed E-state index contributed by atoms with van der Waals surface area (Å²) in [7, 11) is 4.89. The standard InChI is InChI=1S/C14H19NO3/c1-15-14(16)11-8-12(17-2)13(18-3)10-7-5-4-6-9(10)11/h8H,4-7H2,1-3H3,(H,15,16). The fraction of sp³-hybridized carbons (Fsp3) is 0.500. The van der Waals surface area contributed by atoms with Gasteiger partial charge >= 0.3 is 0 Å². The van der Waals surface area contributed by atoms with E-state index in [9.17, 15) is 4.79 Å². The molecule has 98 valence electrons. The van der Waals surface area contributed by atoms with Crippen LogP contribution in [0.1, 0.15) is 34.3 Å². The monoisotopic (exact) mass is 249 g/mol. The fourth-order valence-corrected chi connectivity index (χ4v) is 2.60. The molecule has 0 heterocycles. The Morgan fingerprint density at radius 2 is 1.83 bits per heavy atom. The molecule has 1 N–H and O–H groups in total. The molecule has 0 aromatic heterocycles. The van der Waals surface area contributed by atoms with Gasteiger partial charge in [0.15, 0.2) is 11.5 Å². The van der Waals surface area contributed by atoms with Crippen molar-refractivity contribution in [1.29, 1.82) is 0 Å². The Morgan fingerprint density at radius 3 is 2.39 bits per heavy atom. The number of nitrogens with one attached hydrogen (secondary N) is 1. The van der Waals surface area contributed by atoms with Crippen molar-refractivity contribution in [3.8, 4) is 11.5 Å². The first-order chi connectivity index (χ1) is 8.72. The minimum absolute atomic E-state index is 0.0610. The van der Waals surface area contributed by atoms with Crippen LogP contribution in [0.4, 0.5) is 0 Å². The Labute approximate surface area is 107 Å². The lowest BCUT2D eigenvalue weighted by atomic mass is 9.87. The Balaban J connectivity index is 2.64. The molecule has 0 unspecified atom stereocenters. The molecule has 0 saturated carbocycles. The molecule has 0 fully saturated rings. The smallest absolute Gasteiger partial charge is 0.251 e. The lowest BCUT2D eigenvalue weighted by Gasteiger charge is -2.23. The van der Waals surface area contributed by atoms with E-state index < -0.39 is 0 Å². The number of fused-ring (bicyclic) bond motifs is 1. The number of amides is 1. The van der Waals surface area contributed by atoms with Crippen LogP contribution in [0.2, 0.25) is 0 Å². The van der Waals surface area contributed by atoms with E-state index in [4.69, 9.17) is 9.47 Å². The van der Waals surface area contributed by atoms with Gasteiger partial charge in [-0.2, -0.15) is 0 Å². The zero-order valence-corrected chi connectivity index (χ0v) is 11.1. The Bertz CT molecular complexity index is 469. The molecule has 1 aromatic carbocycles. The maximum atomic E-state index is 11.9. The van der Waals surface area contributed by atoms with Gasteiger partial charge in [0.1, 0.15) is 0 Å². The molecule has 1 amide bonds. The maximum absolute atomic E-state index is 11.9. The normalized spacial score (nSPS) is 13.7. The average molecular weight is 249 g/mol. The van der Waals surface area contributed by atoms with E-state index in [0.29, 0.717) is 11.3 Å². The second kappa shape index (κ2) is 5.29. The van der Waals surface area contributed by atoms with Gasteiger partial charge in [0, 0.05) is 18.2 Å². The quantitative estimate of drug-likeness (QED) is 0.890. The van der Waals surface area contributed by atoms with E-state index in [1.54, 1.807) is 27.3 Å². The Hall–Kier alpha value is -1.71. The van der Waals surface area contributed by atoms with Gasteiger partial charge in [0.05, 0.1) is 14.2 Å². The highest BCUT2D eigenvalue weighted by atomic mass is 16.5. The van der Waals surface area contributed by atoms with Gasteiger partial charge in [-0.1, -0.05) is 0 Å². The number of hydrogen-bond acceptors (Lipinski definition) is 3. The molecule has 18 heavy (non-hydrogen) atoms. The van der Waals surface area contributed by atoms with E-state index in [1.165, 1.54) is 0 Å². The van der Waals surface area contributed by atoms with Crippen LogP contribution in [0, 0.1) is 0 Å². The van der Waals surface area contributed by atoms with Gasteiger partial charge in [0.25, 0.3) is 5.91 Å². The van der Waals surface area contributed by atoms with Crippen LogP contribution in [-0.4, -0.2) is 27.2 Å². The van der Waals surface area contributed by atoms with Crippen molar-refractivity contribution in [3.63, 3.8) is 0 Å². The van der Waals surface area contributed by atoms with Crippen molar-refractivity contribution < 1.29 is 14.3 Å². The second-order valence-electron chi connectivity index (χ2n) is 4.40. The van der Waals surface area contributed by atoms with Crippen LogP contribution >= 0.6 is 0 Å². The number of hydrogen-bond donors (Lipinski definition) is 1. The van der Waals surface area contributed by atoms with Gasteiger partial charge in [-0.15, -0.1) is 0 Å². The summed E-state index contributed by atoms with van der Waals surface area (Å²) in [6.45, 7) is 0. The van der Waals surface area contributed by atoms with Crippen LogP contribution in [-0.2, 0) is 12.8 Å². The number of carbonyl (C=O) groups excluding carboxylic acids is 1. The molecule has 0 aliphatic heterocycles. The number of benzene rings is 1. The molecule has 4 nitrogen and oxygen atoms in total. The fourth-order valence-electron chi connectivity index (χ4n) is 2.60. The summed E-state index contributed by atoms with van der Waals surface area (Å²) in [4.78, 5) is 11.9. The van der Waals surface area contributed by atoms with Crippen molar-refractivity contribution in [2.75, 3.05) is 21.3 Å². The highest BCUT2D eigenvalue weighted by Gasteiger charge is 2.24. The molecular formula is C14H19NO3. The van der Waals surface area contributed by atoms with Crippen molar-refractivity contribution in [2.24, 2.45) is 0 Å². The van der Waals surface area contributed by atoms with Gasteiger partial charge in [-0.3, -0.25) is 4.79 Å². The highest BCUT2D eigenvalue weighted by Crippen LogP contribution is 2.39. The lowest BCUT2D eigenvalue weighted by molar-refractivity contribution is 0.0961. The predicted octanol–water partition coefficient (Wildman–Crippen LogP) is 1.94. The van der Waals surface area contributed by atoms with E-state index in [-0.39, 0.29) is 5.91 Å². The molecular weight excluding hydrogens is 230 g/mol. The minimum atomic E-state index is -0.0610. The average Bonchev–Trinajstić information content (AvgIpc) is 2.44. The van der Waals surface area contributed by atoms with Gasteiger partial charge in [-0.25, -0.2) is 0 Å². The molecule has 0 radical (unpaired) electrons. The molecule has 1 aromatic rings. The third kappa shape index (κ3) is 2.03. The predicted molar refractivity (Wildman–Crippen MR) is 69.6 cm³/mol. The number of carbonyl (C=O) groups is 1. The van der Waals surface area contributed by atoms with E-state index >= 15 is 0 Å². The summed E-state index contributed by atoms with van der Waals surface area (Å²) < 4.78 is 10.8. The number of ether oxygens (including phenoxy) is 2. The topological polar surface area (TPSA) is 47.6 Å². The van der Waals surface area contributed by atoms with E-state index in [2.05, 4.69) is 5.32 Å². The van der Waals surface area contributed by atoms with Gasteiger partial charge < -0.3 is 14.8 Å². The van der Waals surface area contributed by atoms with Crippen molar-refractivity contribution in [1.82, 2.24) is 5.32 Å². The molecule has 2 rings (SSSR count). The number of methoxy groups -OCH3 is 2. The number of rotatable bonds is 3. The largest absolute Gasteiger partial charge is 0.493 e. The molecule has 0 saturated heterocycles. The molecule has 1 aliphatic carbocycles. The first-order valence-electron chi connectivity index (χ1n) is 6.21. The van der Waals surface area contributed by atoms with E-state index in [0.717, 1.165) is 42.6 Å². The summed E-state index contributed by atoms with van der Waals surface area (Å²) in [5.74, 6) is 1.35. The van der Waals surface area contributed by atoms with Gasteiger partial charge in [0.2, 0.25) is 0 Å². The van der Waals surface area contributed by atoms with Crippen LogP contribution in [0.25, 0.3) is 0 Å². The Kier molecular flexibility index (Phi) is 3.75. The van der Waals surface area contributed by atoms with Crippen molar-refractivity contribution in [3.05, 3.63) is 22.8 Å². The van der Waals surface area contributed by atoms with Crippen LogP contribution in [0.5, 0.6) is 11.5 Å². The summed E-state index contributed by atoms with van der Waals surface area (Å²) in [6, 6.07) is 1.78. The Morgan fingerprint density at radius 1 is 1.17 bits per heavy atom. The first kappa shape index (κ1) is 12.7. The van der Waals surface area contributed by atoms with Crippen LogP contribution in [0.3, 0.4) is 0 Å². The molecule has 0 spiro atoms.